The highest BCUT2D eigenvalue weighted by Crippen LogP contribution is 2.44. The molecule has 143 heavy (non-hydrogen) atoms. The number of nitrogens with one attached hydrogen (secondary N) is 1. The molecule has 2 atom stereocenters. The number of anilines is 4. The molecule has 13 heterocycles. The zero-order valence-electron chi connectivity index (χ0n) is 86.9. The van der Waals surface area contributed by atoms with E-state index in [-0.39, 0.29) is 0 Å². The second-order valence-electron chi connectivity index (χ2n) is 45.5. The maximum atomic E-state index is 6.47. The highest BCUT2D eigenvalue weighted by atomic mass is 79.9. The molecule has 15 aromatic rings. The monoisotopic (exact) mass is 2160 g/mol. The second kappa shape index (κ2) is 46.7. The van der Waals surface area contributed by atoms with Crippen molar-refractivity contribution in [2.75, 3.05) is 100 Å². The lowest BCUT2D eigenvalue weighted by Crippen LogP contribution is -2.34. The summed E-state index contributed by atoms with van der Waals surface area (Å²) in [4.78, 5) is 36.7. The molecule has 0 bridgehead atoms. The summed E-state index contributed by atoms with van der Waals surface area (Å²) in [6.45, 7) is 51.4. The van der Waals surface area contributed by atoms with Gasteiger partial charge in [0.15, 0.2) is 22.8 Å². The number of hydrogen-bond donors (Lipinski definition) is 2. The molecule has 2 unspecified atom stereocenters. The normalized spacial score (nSPS) is 15.3. The van der Waals surface area contributed by atoms with Crippen molar-refractivity contribution in [3.63, 3.8) is 0 Å². The van der Waals surface area contributed by atoms with Gasteiger partial charge in [-0.25, -0.2) is 24.3 Å². The van der Waals surface area contributed by atoms with Gasteiger partial charge in [-0.3, -0.25) is 20.1 Å². The molecule has 36 heteroatoms. The topological polar surface area (TPSA) is 285 Å². The quantitative estimate of drug-likeness (QED) is 0.0204. The van der Waals surface area contributed by atoms with Crippen LogP contribution in [0.2, 0.25) is 154 Å². The van der Waals surface area contributed by atoms with Crippen LogP contribution in [0.15, 0.2) is 199 Å². The summed E-state index contributed by atoms with van der Waals surface area (Å²) in [6.07, 6.45) is 37.1. The van der Waals surface area contributed by atoms with Gasteiger partial charge in [0.05, 0.1) is 91.6 Å². The third-order valence-electron chi connectivity index (χ3n) is 26.5. The van der Waals surface area contributed by atoms with E-state index in [9.17, 15) is 0 Å². The zero-order chi connectivity index (χ0) is 101. The van der Waals surface area contributed by atoms with Crippen molar-refractivity contribution in [2.24, 2.45) is 0 Å². The number of benzene rings is 3. The number of pyridine rings is 3. The molecule has 756 valence electrons. The Morgan fingerprint density at radius 1 is 0.413 bits per heavy atom. The number of hydrogen-bond acceptors (Lipinski definition) is 22. The first-order chi connectivity index (χ1) is 68.3. The number of nitrogen functional groups attached to an aromatic ring is 1. The number of aromatic nitrogens is 18. The largest absolute Gasteiger partial charge is 0.383 e. The lowest BCUT2D eigenvalue weighted by Gasteiger charge is -2.30. The number of rotatable bonds is 41. The molecule has 0 saturated carbocycles. The van der Waals surface area contributed by atoms with E-state index in [0.717, 1.165) is 247 Å². The summed E-state index contributed by atoms with van der Waals surface area (Å²) in [5, 5.41) is 33.9. The standard InChI is InChI=1S/C42H63N7O3Si3.C41H61BrN8O3Si3.C24H20BrN7/c1-53(2,3)21-18-50-30-47(31-51-19-22-54(4,5)6)41-25-40(46-42-38(28-45-49(41)42)36-24-35-12-10-11-13-39(35)43-26-36)34-16-14-33(15-17-34)37-27-44-48(29-37)32-52-20-23-55(7,8)9;1-54(2,3)21-18-51-29-48(30-52-19-22-55(4,5)6)41-38(42)39(46-40-36(27-45-50(40)41)34-24-33-12-10-11-13-37(33)43-25-34)32-14-16-47(17-15-32)35-26-44-49(28-35)31-53-20-23-56(7,8)9;25-21-22(15-7-5-14(6-8-15)18-11-28-29-12-18)31-24-19(13-30-32(24)23(21)26)17-9-16-3-1-2-4-20(16)27-10-17/h10-13,16,24-29,33H,14-15,17-23,30-32H2,1-9H3;10-14,24-28H,15-23,29-31H2,1-9H3;1-4,7,9-14H,5-6,8,26H2,(H,28,29). The summed E-state index contributed by atoms with van der Waals surface area (Å²) in [6, 6.07) is 39.9. The number of allylic oxidation sites excluding steroid dienone is 4. The fourth-order valence-corrected chi connectivity index (χ4v) is 23.3. The minimum atomic E-state index is -1.28. The fraction of sp³-hybridized carbons (Fsp3) is 0.439. The van der Waals surface area contributed by atoms with Gasteiger partial charge >= 0.3 is 0 Å². The Balaban J connectivity index is 0.000000160. The molecule has 0 radical (unpaired) electrons. The van der Waals surface area contributed by atoms with E-state index in [2.05, 4.69) is 274 Å². The Kier molecular flexibility index (Phi) is 34.5. The summed E-state index contributed by atoms with van der Waals surface area (Å²) in [7, 11) is -7.32. The molecule has 0 spiro atoms. The number of nitrogens with two attached hydrogens (primary N) is 1. The van der Waals surface area contributed by atoms with Crippen LogP contribution in [0, 0.1) is 0 Å². The van der Waals surface area contributed by atoms with Crippen LogP contribution in [0.4, 0.5) is 23.1 Å². The lowest BCUT2D eigenvalue weighted by atomic mass is 9.85. The molecule has 28 nitrogen and oxygen atoms in total. The van der Waals surface area contributed by atoms with E-state index >= 15 is 0 Å². The zero-order valence-corrected chi connectivity index (χ0v) is 96.0. The number of ether oxygens (including phenoxy) is 6. The van der Waals surface area contributed by atoms with Crippen LogP contribution >= 0.6 is 31.9 Å². The van der Waals surface area contributed by atoms with Gasteiger partial charge in [-0.2, -0.15) is 44.1 Å². The van der Waals surface area contributed by atoms with E-state index in [1.165, 1.54) is 27.8 Å². The summed E-state index contributed by atoms with van der Waals surface area (Å²) < 4.78 is 48.7. The maximum absolute atomic E-state index is 6.47. The summed E-state index contributed by atoms with van der Waals surface area (Å²) >= 11 is 7.74. The number of halogens is 2. The van der Waals surface area contributed by atoms with Gasteiger partial charge in [-0.15, -0.1) is 0 Å². The van der Waals surface area contributed by atoms with Gasteiger partial charge in [0.25, 0.3) is 0 Å². The Morgan fingerprint density at radius 2 is 0.832 bits per heavy atom. The van der Waals surface area contributed by atoms with Crippen molar-refractivity contribution in [1.29, 1.82) is 0 Å². The molecule has 3 aromatic carbocycles. The molecule has 0 saturated heterocycles. The Hall–Kier alpha value is -10.2. The van der Waals surface area contributed by atoms with Crippen LogP contribution in [0.3, 0.4) is 0 Å². The van der Waals surface area contributed by atoms with Gasteiger partial charge in [0, 0.05) is 188 Å². The minimum absolute atomic E-state index is 0.375. The van der Waals surface area contributed by atoms with E-state index in [0.29, 0.717) is 71.3 Å². The molecule has 2 aliphatic carbocycles. The van der Waals surface area contributed by atoms with Crippen molar-refractivity contribution >= 4 is 170 Å². The second-order valence-corrected chi connectivity index (χ2v) is 80.8. The highest BCUT2D eigenvalue weighted by molar-refractivity contribution is 9.11. The van der Waals surface area contributed by atoms with E-state index in [1.807, 2.05) is 129 Å². The van der Waals surface area contributed by atoms with Crippen molar-refractivity contribution < 1.29 is 28.4 Å². The number of nitrogens with zero attached hydrogens (tertiary/aromatic N) is 20. The fourth-order valence-electron chi connectivity index (χ4n) is 17.4. The Labute approximate surface area is 864 Å². The third kappa shape index (κ3) is 28.4. The number of para-hydroxylation sites is 3. The maximum Gasteiger partial charge on any atom is 0.165 e. The Morgan fingerprint density at radius 3 is 1.29 bits per heavy atom. The first-order valence-electron chi connectivity index (χ1n) is 50.5. The van der Waals surface area contributed by atoms with Crippen molar-refractivity contribution in [2.45, 2.75) is 224 Å². The summed E-state index contributed by atoms with van der Waals surface area (Å²) in [5.41, 5.74) is 27.4. The molecular formula is C107H144Br2N22O6Si6. The molecule has 3 aliphatic rings. The van der Waals surface area contributed by atoms with Crippen LogP contribution < -0.4 is 20.4 Å². The van der Waals surface area contributed by atoms with Gasteiger partial charge in [0.2, 0.25) is 0 Å². The lowest BCUT2D eigenvalue weighted by molar-refractivity contribution is 0.0785. The first kappa shape index (κ1) is 106. The van der Waals surface area contributed by atoms with Crippen molar-refractivity contribution in [1.82, 2.24) is 88.5 Å². The van der Waals surface area contributed by atoms with Gasteiger partial charge < -0.3 is 48.9 Å². The van der Waals surface area contributed by atoms with Crippen molar-refractivity contribution in [3.05, 3.63) is 227 Å². The van der Waals surface area contributed by atoms with Gasteiger partial charge in [0.1, 0.15) is 52.0 Å². The van der Waals surface area contributed by atoms with Crippen LogP contribution in [0.5, 0.6) is 0 Å². The van der Waals surface area contributed by atoms with Crippen LogP contribution in [-0.4, -0.2) is 217 Å². The molecule has 0 fully saturated rings. The Bertz CT molecular complexity index is 6920. The van der Waals surface area contributed by atoms with E-state index in [4.69, 9.17) is 69.3 Å². The smallest absolute Gasteiger partial charge is 0.165 e. The number of aromatic amines is 1. The summed E-state index contributed by atoms with van der Waals surface area (Å²) in [5.74, 6) is 3.21. The molecule has 0 amide bonds. The van der Waals surface area contributed by atoms with E-state index < -0.39 is 48.4 Å². The predicted molar refractivity (Wildman–Crippen MR) is 607 cm³/mol. The minimum Gasteiger partial charge on any atom is -0.383 e. The van der Waals surface area contributed by atoms with Gasteiger partial charge in [-0.05, 0) is 189 Å². The third-order valence-corrected chi connectivity index (χ3v) is 38.2. The predicted octanol–water partition coefficient (Wildman–Crippen LogP) is 25.5. The molecule has 12 aromatic heterocycles. The number of H-pyrrole nitrogens is 1. The highest BCUT2D eigenvalue weighted by Gasteiger charge is 2.32. The van der Waals surface area contributed by atoms with Crippen LogP contribution in [-0.2, 0) is 41.9 Å². The molecular weight excluding hydrogens is 2020 g/mol. The first-order valence-corrected chi connectivity index (χ1v) is 74.4. The average Bonchev–Trinajstić information content (AvgIpc) is 1.62. The average molecular weight is 2160 g/mol. The van der Waals surface area contributed by atoms with Crippen molar-refractivity contribution in [3.8, 4) is 33.4 Å². The molecule has 18 rings (SSSR count). The molecule has 3 N–H and O–H groups in total. The van der Waals surface area contributed by atoms with Gasteiger partial charge in [-0.1, -0.05) is 191 Å². The number of fused-ring (bicyclic) bond motifs is 6. The van der Waals surface area contributed by atoms with Crippen LogP contribution in [0.25, 0.3) is 99.8 Å². The van der Waals surface area contributed by atoms with Crippen LogP contribution in [0.1, 0.15) is 85.0 Å². The SMILES string of the molecule is C[Si](C)(C)CCOCN(COCC[Si](C)(C)C)c1c(Br)c(C2=CCN(c3cnn(COCC[Si](C)(C)C)c3)CC2)nc2c(-c3cnc4ccccc4c3)cnn12.C[Si](C)(C)CCOCN(COCC[Si](C)(C)C)c1cc(C2=CCC(c3cnn(COCC[Si](C)(C)C)c3)CC2)nc2c(-c3cnc4ccccc4c3)cnn12.Nc1c(Br)c(C2=CCC(c3cn[nH]c3)CC2)nc2c(-c3cnc4ccccc4c3)cnn12. The van der Waals surface area contributed by atoms with E-state index in [1.54, 1.807) is 4.52 Å². The molecule has 1 aliphatic heterocycles.